The zero-order valence-corrected chi connectivity index (χ0v) is 25.9. The van der Waals surface area contributed by atoms with Crippen LogP contribution < -0.4 is 5.32 Å². The molecule has 0 aliphatic carbocycles. The van der Waals surface area contributed by atoms with Crippen molar-refractivity contribution in [2.45, 2.75) is 99.1 Å². The van der Waals surface area contributed by atoms with E-state index >= 15 is 0 Å². The maximum absolute atomic E-state index is 13.0. The number of nitrogens with one attached hydrogen (secondary N) is 1. The summed E-state index contributed by atoms with van der Waals surface area (Å²) in [6, 6.07) is 9.53. The first kappa shape index (κ1) is 31.7. The van der Waals surface area contributed by atoms with Gasteiger partial charge in [-0.15, -0.1) is 0 Å². The number of hydrogen-bond donors (Lipinski definition) is 1. The van der Waals surface area contributed by atoms with Crippen LogP contribution in [0.2, 0.25) is 13.3 Å². The number of amides is 1. The van der Waals surface area contributed by atoms with Crippen LogP contribution in [0.5, 0.6) is 0 Å². The first-order chi connectivity index (χ1) is 16.8. The van der Waals surface area contributed by atoms with Crippen molar-refractivity contribution in [1.82, 2.24) is 5.32 Å². The Bertz CT molecular complexity index is 741. The predicted molar refractivity (Wildman–Crippen MR) is 148 cm³/mol. The first-order valence-electron chi connectivity index (χ1n) is 13.5. The summed E-state index contributed by atoms with van der Waals surface area (Å²) in [5, 5.41) is 3.20. The fourth-order valence-corrected chi connectivity index (χ4v) is 22.6. The van der Waals surface area contributed by atoms with Gasteiger partial charge in [-0.05, 0) is 0 Å². The summed E-state index contributed by atoms with van der Waals surface area (Å²) in [7, 11) is 1.56. The van der Waals surface area contributed by atoms with E-state index in [0.717, 1.165) is 24.8 Å². The molecule has 1 N–H and O–H groups in total. The van der Waals surface area contributed by atoms with Crippen molar-refractivity contribution in [3.63, 3.8) is 0 Å². The van der Waals surface area contributed by atoms with Gasteiger partial charge in [-0.1, -0.05) is 0 Å². The molecule has 0 unspecified atom stereocenters. The molecule has 1 aromatic carbocycles. The van der Waals surface area contributed by atoms with E-state index < -0.39 is 24.5 Å². The fraction of sp³-hybridized carbons (Fsp3) is 0.655. The van der Waals surface area contributed by atoms with Crippen molar-refractivity contribution < 1.29 is 19.1 Å². The van der Waals surface area contributed by atoms with Gasteiger partial charge >= 0.3 is 219 Å². The molecular formula is C29H49NO4Sn. The Balaban J connectivity index is 3.38. The monoisotopic (exact) mass is 595 g/mol. The number of alkyl carbamates (subject to hydrolysis) is 1. The molecule has 0 saturated heterocycles. The SMILES string of the molecule is CCC[CH2][Sn]([CH2]CCC)([CH2]CCC)/[C](=C/C(=O)COC)[C@@H](NC(=O)OCc1ccccc1)C(C)C. The Labute approximate surface area is 218 Å². The molecule has 1 amide bonds. The van der Waals surface area contributed by atoms with E-state index in [1.807, 2.05) is 36.4 Å². The van der Waals surface area contributed by atoms with Gasteiger partial charge in [0.2, 0.25) is 0 Å². The number of hydrogen-bond acceptors (Lipinski definition) is 4. The van der Waals surface area contributed by atoms with Crippen LogP contribution in [-0.4, -0.2) is 50.0 Å². The van der Waals surface area contributed by atoms with Crippen LogP contribution in [0.4, 0.5) is 4.79 Å². The number of methoxy groups -OCH3 is 1. The predicted octanol–water partition coefficient (Wildman–Crippen LogP) is 7.47. The van der Waals surface area contributed by atoms with Crippen LogP contribution >= 0.6 is 0 Å². The maximum atomic E-state index is 13.0. The van der Waals surface area contributed by atoms with Gasteiger partial charge in [0.1, 0.15) is 0 Å². The van der Waals surface area contributed by atoms with Gasteiger partial charge < -0.3 is 0 Å². The normalized spacial score (nSPS) is 13.1. The third-order valence-corrected chi connectivity index (χ3v) is 22.7. The van der Waals surface area contributed by atoms with Crippen LogP contribution in [-0.2, 0) is 20.9 Å². The Morgan fingerprint density at radius 2 is 1.49 bits per heavy atom. The quantitative estimate of drug-likeness (QED) is 0.142. The number of carbonyl (C=O) groups excluding carboxylic acids is 2. The van der Waals surface area contributed by atoms with E-state index in [4.69, 9.17) is 9.47 Å². The summed E-state index contributed by atoms with van der Waals surface area (Å²) >= 11 is -3.02. The van der Waals surface area contributed by atoms with Crippen LogP contribution in [0.25, 0.3) is 0 Å². The standard InChI is InChI=1S/C17H22NO4.3C4H9.Sn/c1-13(2)16(10-9-15(19)12-21-3)18-17(20)22-11-14-7-5-4-6-8-14;3*1-3-4-2;/h4-9,13,16H,11-12H2,1-3H3,(H,18,20);3*1,3-4H2,2H3;/t16-;;;;/m1..../s1. The zero-order chi connectivity index (χ0) is 26.1. The average Bonchev–Trinajstić information content (AvgIpc) is 2.85. The number of ketones is 1. The van der Waals surface area contributed by atoms with Gasteiger partial charge in [-0.25, -0.2) is 0 Å². The average molecular weight is 594 g/mol. The summed E-state index contributed by atoms with van der Waals surface area (Å²) in [4.78, 5) is 25.9. The Hall–Kier alpha value is -1.34. The first-order valence-corrected chi connectivity index (χ1v) is 21.0. The summed E-state index contributed by atoms with van der Waals surface area (Å²) in [6.45, 7) is 11.3. The van der Waals surface area contributed by atoms with E-state index in [0.29, 0.717) is 0 Å². The van der Waals surface area contributed by atoms with Crippen LogP contribution in [0, 0.1) is 5.92 Å². The number of ether oxygens (including phenoxy) is 2. The molecule has 1 rings (SSSR count). The summed E-state index contributed by atoms with van der Waals surface area (Å²) in [5.74, 6) is 0.153. The fourth-order valence-electron chi connectivity index (χ4n) is 4.78. The third-order valence-electron chi connectivity index (χ3n) is 6.73. The Morgan fingerprint density at radius 1 is 0.943 bits per heavy atom. The molecule has 6 heteroatoms. The molecule has 0 saturated carbocycles. The van der Waals surface area contributed by atoms with Crippen LogP contribution in [0.3, 0.4) is 0 Å². The number of rotatable bonds is 18. The van der Waals surface area contributed by atoms with Crippen molar-refractivity contribution in [2.24, 2.45) is 5.92 Å². The summed E-state index contributed by atoms with van der Waals surface area (Å²) in [6.07, 6.45) is 8.45. The molecule has 1 aromatic rings. The molecule has 0 spiro atoms. The Morgan fingerprint density at radius 3 is 1.94 bits per heavy atom. The van der Waals surface area contributed by atoms with Gasteiger partial charge in [0.05, 0.1) is 0 Å². The minimum atomic E-state index is -3.02. The summed E-state index contributed by atoms with van der Waals surface area (Å²) in [5.41, 5.74) is 0.956. The van der Waals surface area contributed by atoms with E-state index in [1.54, 1.807) is 7.11 Å². The molecular weight excluding hydrogens is 545 g/mol. The van der Waals surface area contributed by atoms with E-state index in [-0.39, 0.29) is 31.0 Å². The zero-order valence-electron chi connectivity index (χ0n) is 23.0. The molecule has 0 heterocycles. The second kappa shape index (κ2) is 18.0. The molecule has 1 atom stereocenters. The molecule has 0 aromatic heterocycles. The summed E-state index contributed by atoms with van der Waals surface area (Å²) < 4.78 is 15.7. The van der Waals surface area contributed by atoms with E-state index in [2.05, 4.69) is 39.9 Å². The second-order valence-corrected chi connectivity index (χ2v) is 23.3. The number of carbonyl (C=O) groups is 2. The van der Waals surface area contributed by atoms with Crippen molar-refractivity contribution in [3.05, 3.63) is 45.6 Å². The molecule has 0 fully saturated rings. The molecule has 198 valence electrons. The molecule has 0 radical (unpaired) electrons. The molecule has 0 aliphatic rings. The van der Waals surface area contributed by atoms with Crippen molar-refractivity contribution in [2.75, 3.05) is 13.7 Å². The third kappa shape index (κ3) is 11.5. The van der Waals surface area contributed by atoms with Gasteiger partial charge in [-0.2, -0.15) is 0 Å². The van der Waals surface area contributed by atoms with E-state index in [1.165, 1.54) is 36.2 Å². The molecule has 5 nitrogen and oxygen atoms in total. The van der Waals surface area contributed by atoms with Crippen molar-refractivity contribution >= 4 is 30.3 Å². The van der Waals surface area contributed by atoms with Crippen LogP contribution in [0.15, 0.2) is 40.0 Å². The minimum absolute atomic E-state index is 0.00169. The van der Waals surface area contributed by atoms with Gasteiger partial charge in [0.25, 0.3) is 0 Å². The molecule has 0 bridgehead atoms. The Kier molecular flexibility index (Phi) is 16.3. The van der Waals surface area contributed by atoms with Gasteiger partial charge in [-0.3, -0.25) is 0 Å². The van der Waals surface area contributed by atoms with Crippen molar-refractivity contribution in [1.29, 1.82) is 0 Å². The van der Waals surface area contributed by atoms with E-state index in [9.17, 15) is 9.59 Å². The molecule has 0 aliphatic heterocycles. The number of unbranched alkanes of at least 4 members (excludes halogenated alkanes) is 3. The van der Waals surface area contributed by atoms with Gasteiger partial charge in [0, 0.05) is 0 Å². The van der Waals surface area contributed by atoms with Crippen molar-refractivity contribution in [3.8, 4) is 0 Å². The number of benzene rings is 1. The topological polar surface area (TPSA) is 64.6 Å². The van der Waals surface area contributed by atoms with Crippen LogP contribution in [0.1, 0.15) is 78.7 Å². The molecule has 35 heavy (non-hydrogen) atoms. The van der Waals surface area contributed by atoms with Gasteiger partial charge in [0.15, 0.2) is 0 Å². The second-order valence-electron chi connectivity index (χ2n) is 10.0.